The van der Waals surface area contributed by atoms with E-state index in [9.17, 15) is 8.78 Å². The molecule has 1 unspecified atom stereocenters. The molecule has 1 saturated heterocycles. The Morgan fingerprint density at radius 2 is 2.17 bits per heavy atom. The first-order valence-corrected chi connectivity index (χ1v) is 5.77. The van der Waals surface area contributed by atoms with Crippen molar-refractivity contribution < 1.29 is 8.78 Å². The first-order valence-electron chi connectivity index (χ1n) is 5.77. The van der Waals surface area contributed by atoms with Gasteiger partial charge >= 0.3 is 0 Å². The average molecular weight is 257 g/mol. The fraction of sp³-hybridized carbons (Fsp3) is 0.545. The van der Waals surface area contributed by atoms with Gasteiger partial charge in [0.05, 0.1) is 0 Å². The van der Waals surface area contributed by atoms with Gasteiger partial charge in [0, 0.05) is 25.2 Å². The standard InChI is InChI=1S/C11H17F2N5/c1-17(2)7-3-4-18(6-7)11-9(13)5-8(12)10(15-11)16-14/h5,7H,3-4,6,14H2,1-2H3,(H,15,16). The number of pyridine rings is 1. The van der Waals surface area contributed by atoms with Crippen molar-refractivity contribution in [2.75, 3.05) is 37.5 Å². The summed E-state index contributed by atoms with van der Waals surface area (Å²) < 4.78 is 27.0. The second-order valence-corrected chi connectivity index (χ2v) is 4.62. The van der Waals surface area contributed by atoms with Gasteiger partial charge in [-0.2, -0.15) is 0 Å². The van der Waals surface area contributed by atoms with Crippen molar-refractivity contribution >= 4 is 11.6 Å². The molecule has 0 spiro atoms. The number of nitrogens with zero attached hydrogens (tertiary/aromatic N) is 3. The Labute approximate surface area is 105 Å². The molecule has 1 aliphatic rings. The second-order valence-electron chi connectivity index (χ2n) is 4.62. The molecule has 18 heavy (non-hydrogen) atoms. The van der Waals surface area contributed by atoms with Crippen LogP contribution in [0.2, 0.25) is 0 Å². The van der Waals surface area contributed by atoms with Gasteiger partial charge in [0.25, 0.3) is 0 Å². The molecule has 1 fully saturated rings. The lowest BCUT2D eigenvalue weighted by Gasteiger charge is -2.21. The third-order valence-corrected chi connectivity index (χ3v) is 3.24. The molecule has 2 heterocycles. The molecule has 1 aliphatic heterocycles. The maximum Gasteiger partial charge on any atom is 0.178 e. The lowest BCUT2D eigenvalue weighted by molar-refractivity contribution is 0.315. The molecule has 0 aromatic carbocycles. The molecule has 7 heteroatoms. The van der Waals surface area contributed by atoms with Crippen molar-refractivity contribution in [2.24, 2.45) is 5.84 Å². The zero-order valence-electron chi connectivity index (χ0n) is 10.5. The van der Waals surface area contributed by atoms with Gasteiger partial charge in [0.1, 0.15) is 0 Å². The fourth-order valence-electron chi connectivity index (χ4n) is 2.14. The lowest BCUT2D eigenvalue weighted by Crippen LogP contribution is -2.32. The molecule has 1 aromatic rings. The van der Waals surface area contributed by atoms with Gasteiger partial charge in [0.2, 0.25) is 0 Å². The monoisotopic (exact) mass is 257 g/mol. The molecule has 1 atom stereocenters. The van der Waals surface area contributed by atoms with E-state index in [4.69, 9.17) is 5.84 Å². The minimum absolute atomic E-state index is 0.139. The van der Waals surface area contributed by atoms with Crippen molar-refractivity contribution in [3.8, 4) is 0 Å². The lowest BCUT2D eigenvalue weighted by atomic mass is 10.2. The number of nitrogen functional groups attached to an aromatic ring is 1. The molecule has 0 bridgehead atoms. The van der Waals surface area contributed by atoms with Crippen LogP contribution in [0.1, 0.15) is 6.42 Å². The van der Waals surface area contributed by atoms with E-state index in [0.717, 1.165) is 12.5 Å². The Balaban J connectivity index is 2.24. The fourth-order valence-corrected chi connectivity index (χ4v) is 2.14. The van der Waals surface area contributed by atoms with Gasteiger partial charge in [0.15, 0.2) is 23.3 Å². The summed E-state index contributed by atoms with van der Waals surface area (Å²) in [5, 5.41) is 0. The number of hydrogen-bond acceptors (Lipinski definition) is 5. The Morgan fingerprint density at radius 3 is 2.72 bits per heavy atom. The number of hydrazine groups is 1. The molecule has 0 aliphatic carbocycles. The summed E-state index contributed by atoms with van der Waals surface area (Å²) in [6, 6.07) is 1.16. The highest BCUT2D eigenvalue weighted by atomic mass is 19.1. The number of nitrogens with one attached hydrogen (secondary N) is 1. The van der Waals surface area contributed by atoms with Gasteiger partial charge in [-0.3, -0.25) is 0 Å². The number of rotatable bonds is 3. The third-order valence-electron chi connectivity index (χ3n) is 3.24. The zero-order valence-corrected chi connectivity index (χ0v) is 10.5. The minimum Gasteiger partial charge on any atom is -0.352 e. The van der Waals surface area contributed by atoms with Crippen LogP contribution >= 0.6 is 0 Å². The van der Waals surface area contributed by atoms with Crippen molar-refractivity contribution in [3.05, 3.63) is 17.7 Å². The summed E-state index contributed by atoms with van der Waals surface area (Å²) in [6.45, 7) is 1.37. The second kappa shape index (κ2) is 5.03. The van der Waals surface area contributed by atoms with Gasteiger partial charge in [-0.05, 0) is 20.5 Å². The van der Waals surface area contributed by atoms with Crippen LogP contribution in [0.15, 0.2) is 6.07 Å². The molecular formula is C11H17F2N5. The van der Waals surface area contributed by atoms with Crippen molar-refractivity contribution in [2.45, 2.75) is 12.5 Å². The first-order chi connectivity index (χ1) is 8.52. The average Bonchev–Trinajstić information content (AvgIpc) is 2.78. The number of nitrogens with two attached hydrogens (primary N) is 1. The van der Waals surface area contributed by atoms with E-state index in [0.29, 0.717) is 19.1 Å². The van der Waals surface area contributed by atoms with E-state index in [1.165, 1.54) is 0 Å². The van der Waals surface area contributed by atoms with E-state index in [-0.39, 0.29) is 11.6 Å². The Morgan fingerprint density at radius 1 is 1.44 bits per heavy atom. The number of halogens is 2. The van der Waals surface area contributed by atoms with Gasteiger partial charge in [-0.15, -0.1) is 0 Å². The summed E-state index contributed by atoms with van der Waals surface area (Å²) in [5.74, 6) is 3.70. The summed E-state index contributed by atoms with van der Waals surface area (Å²) in [7, 11) is 3.96. The van der Waals surface area contributed by atoms with Crippen molar-refractivity contribution in [3.63, 3.8) is 0 Å². The van der Waals surface area contributed by atoms with Crippen molar-refractivity contribution in [1.29, 1.82) is 0 Å². The van der Waals surface area contributed by atoms with Crippen LogP contribution < -0.4 is 16.2 Å². The molecule has 5 nitrogen and oxygen atoms in total. The predicted molar refractivity (Wildman–Crippen MR) is 66.3 cm³/mol. The first kappa shape index (κ1) is 13.0. The van der Waals surface area contributed by atoms with Crippen LogP contribution in [0.5, 0.6) is 0 Å². The maximum atomic E-state index is 13.7. The number of likely N-dealkylation sites (N-methyl/N-ethyl adjacent to an activating group) is 1. The summed E-state index contributed by atoms with van der Waals surface area (Å²) in [4.78, 5) is 7.78. The van der Waals surface area contributed by atoms with Crippen LogP contribution in [0.3, 0.4) is 0 Å². The smallest absolute Gasteiger partial charge is 0.178 e. The zero-order chi connectivity index (χ0) is 13.3. The normalized spacial score (nSPS) is 19.7. The molecule has 100 valence electrons. The van der Waals surface area contributed by atoms with Crippen LogP contribution in [-0.2, 0) is 0 Å². The molecule has 0 amide bonds. The SMILES string of the molecule is CN(C)C1CCN(c2nc(NN)c(F)cc2F)C1. The van der Waals surface area contributed by atoms with Gasteiger partial charge in [-0.1, -0.05) is 0 Å². The molecule has 3 N–H and O–H groups in total. The molecule has 1 aromatic heterocycles. The van der Waals surface area contributed by atoms with Gasteiger partial charge < -0.3 is 15.2 Å². The van der Waals surface area contributed by atoms with Crippen LogP contribution in [0, 0.1) is 11.6 Å². The van der Waals surface area contributed by atoms with Crippen molar-refractivity contribution in [1.82, 2.24) is 9.88 Å². The van der Waals surface area contributed by atoms with Crippen LogP contribution in [0.4, 0.5) is 20.4 Å². The summed E-state index contributed by atoms with van der Waals surface area (Å²) >= 11 is 0. The molecule has 2 rings (SSSR count). The van der Waals surface area contributed by atoms with Crippen LogP contribution in [0.25, 0.3) is 0 Å². The Bertz CT molecular complexity index is 438. The number of aromatic nitrogens is 1. The van der Waals surface area contributed by atoms with Crippen LogP contribution in [-0.4, -0.2) is 43.1 Å². The highest BCUT2D eigenvalue weighted by Crippen LogP contribution is 2.26. The third kappa shape index (κ3) is 2.37. The van der Waals surface area contributed by atoms with E-state index >= 15 is 0 Å². The molecule has 0 saturated carbocycles. The molecular weight excluding hydrogens is 240 g/mol. The quantitative estimate of drug-likeness (QED) is 0.619. The minimum atomic E-state index is -0.790. The highest BCUT2D eigenvalue weighted by molar-refractivity contribution is 5.49. The number of hydrogen-bond donors (Lipinski definition) is 2. The predicted octanol–water partition coefficient (Wildman–Crippen LogP) is 0.786. The van der Waals surface area contributed by atoms with Gasteiger partial charge in [-0.25, -0.2) is 19.6 Å². The largest absolute Gasteiger partial charge is 0.352 e. The molecule has 0 radical (unpaired) electrons. The Kier molecular flexibility index (Phi) is 3.63. The summed E-state index contributed by atoms with van der Waals surface area (Å²) in [6.07, 6.45) is 0.927. The highest BCUT2D eigenvalue weighted by Gasteiger charge is 2.27. The Hall–Kier alpha value is -1.47. The number of anilines is 2. The van der Waals surface area contributed by atoms with E-state index < -0.39 is 11.6 Å². The maximum absolute atomic E-state index is 13.7. The van der Waals surface area contributed by atoms with E-state index in [2.05, 4.69) is 15.3 Å². The van der Waals surface area contributed by atoms with E-state index in [1.54, 1.807) is 4.90 Å². The topological polar surface area (TPSA) is 57.4 Å². The summed E-state index contributed by atoms with van der Waals surface area (Å²) in [5.41, 5.74) is 2.13. The van der Waals surface area contributed by atoms with E-state index in [1.807, 2.05) is 14.1 Å².